The molecule has 0 saturated carbocycles. The van der Waals surface area contributed by atoms with Gasteiger partial charge in [0.2, 0.25) is 17.7 Å². The number of hydrogen-bond acceptors (Lipinski definition) is 12. The first-order chi connectivity index (χ1) is 34.4. The van der Waals surface area contributed by atoms with E-state index in [9.17, 15) is 29.1 Å². The highest BCUT2D eigenvalue weighted by Crippen LogP contribution is 2.65. The standard InChI is InChI=1S/C56H54N4O11/c1-4-27-69-53(65)44-47-54(66)71-48(35-15-9-6-10-16-35)46(33-13-7-5-8-14-33)60(47)49(56(44)40-17-11-12-18-41(40)58-55(56)67)36-21-25-38(26-22-36)68-28-29-70-52(64)39-31-43-50(62)57-42(30-32(2)3)51(63)59(43)45(39)34-19-23-37(61)24-20-34/h4-26,32,39,42-49,61H,1,27-31H2,2-3H3,(H,57,62)(H,58,67)/t39-,42-,43-,44+,45-,46+,47+,48-,49-,56+/m0/s1. The lowest BCUT2D eigenvalue weighted by atomic mass is 9.65. The van der Waals surface area contributed by atoms with E-state index in [4.69, 9.17) is 18.9 Å². The van der Waals surface area contributed by atoms with Crippen molar-refractivity contribution in [1.82, 2.24) is 15.1 Å². The molecular weight excluding hydrogens is 905 g/mol. The molecule has 10 atom stereocenters. The number of phenolic OH excluding ortho intramolecular Hbond substituents is 1. The van der Waals surface area contributed by atoms with Crippen LogP contribution in [0.2, 0.25) is 0 Å². The molecule has 3 amide bonds. The first-order valence-electron chi connectivity index (χ1n) is 24.0. The van der Waals surface area contributed by atoms with Crippen LogP contribution in [0.5, 0.6) is 11.5 Å². The van der Waals surface area contributed by atoms with Crippen molar-refractivity contribution >= 4 is 41.3 Å². The molecule has 15 nitrogen and oxygen atoms in total. The van der Waals surface area contributed by atoms with Crippen molar-refractivity contribution in [1.29, 1.82) is 0 Å². The highest BCUT2D eigenvalue weighted by Gasteiger charge is 2.74. The van der Waals surface area contributed by atoms with E-state index < -0.39 is 83.4 Å². The summed E-state index contributed by atoms with van der Waals surface area (Å²) in [7, 11) is 0. The molecule has 0 aliphatic carbocycles. The van der Waals surface area contributed by atoms with Gasteiger partial charge >= 0.3 is 17.9 Å². The van der Waals surface area contributed by atoms with Crippen LogP contribution < -0.4 is 15.4 Å². The van der Waals surface area contributed by atoms with Crippen molar-refractivity contribution in [3.8, 4) is 11.5 Å². The Kier molecular flexibility index (Phi) is 12.7. The minimum absolute atomic E-state index is 0.0201. The molecule has 3 N–H and O–H groups in total. The van der Waals surface area contributed by atoms with Gasteiger partial charge < -0.3 is 39.6 Å². The number of rotatable bonds is 14. The molecular formula is C56H54N4O11. The summed E-state index contributed by atoms with van der Waals surface area (Å²) in [6.45, 7) is 7.31. The Bertz CT molecular complexity index is 2860. The number of benzene rings is 5. The average molecular weight is 959 g/mol. The van der Waals surface area contributed by atoms with Crippen LogP contribution in [-0.4, -0.2) is 88.5 Å². The quantitative estimate of drug-likeness (QED) is 0.0457. The summed E-state index contributed by atoms with van der Waals surface area (Å²) in [6, 6.07) is 34.2. The van der Waals surface area contributed by atoms with E-state index in [0.29, 0.717) is 34.5 Å². The lowest BCUT2D eigenvalue weighted by molar-refractivity contribution is -0.180. The molecule has 5 aromatic rings. The van der Waals surface area contributed by atoms with Crippen LogP contribution in [0.4, 0.5) is 5.69 Å². The van der Waals surface area contributed by atoms with E-state index in [1.807, 2.05) is 97.6 Å². The number of nitrogens with one attached hydrogen (secondary N) is 2. The van der Waals surface area contributed by atoms with Gasteiger partial charge in [-0.05, 0) is 76.9 Å². The van der Waals surface area contributed by atoms with Crippen LogP contribution in [-0.2, 0) is 48.4 Å². The van der Waals surface area contributed by atoms with Gasteiger partial charge in [-0.25, -0.2) is 0 Å². The van der Waals surface area contributed by atoms with Crippen LogP contribution in [0, 0.1) is 17.8 Å². The van der Waals surface area contributed by atoms with E-state index in [0.717, 1.165) is 11.1 Å². The fourth-order valence-corrected chi connectivity index (χ4v) is 11.7. The number of anilines is 1. The first kappa shape index (κ1) is 46.9. The molecule has 5 aliphatic heterocycles. The monoisotopic (exact) mass is 958 g/mol. The Balaban J connectivity index is 0.955. The van der Waals surface area contributed by atoms with Gasteiger partial charge in [0.1, 0.15) is 66.9 Å². The Morgan fingerprint density at radius 2 is 1.42 bits per heavy atom. The zero-order valence-corrected chi connectivity index (χ0v) is 39.2. The van der Waals surface area contributed by atoms with Crippen LogP contribution in [0.15, 0.2) is 146 Å². The van der Waals surface area contributed by atoms with Gasteiger partial charge in [-0.2, -0.15) is 0 Å². The summed E-state index contributed by atoms with van der Waals surface area (Å²) < 4.78 is 24.2. The maximum Gasteiger partial charge on any atom is 0.325 e. The molecule has 0 radical (unpaired) electrons. The van der Waals surface area contributed by atoms with Crippen molar-refractivity contribution in [2.24, 2.45) is 17.8 Å². The first-order valence-corrected chi connectivity index (χ1v) is 24.0. The highest BCUT2D eigenvalue weighted by atomic mass is 16.6. The summed E-state index contributed by atoms with van der Waals surface area (Å²) >= 11 is 0. The molecule has 4 saturated heterocycles. The number of carbonyl (C=O) groups is 6. The lowest BCUT2D eigenvalue weighted by Crippen LogP contribution is -2.61. The van der Waals surface area contributed by atoms with Crippen LogP contribution in [0.25, 0.3) is 0 Å². The molecule has 1 spiro atoms. The number of phenols is 1. The summed E-state index contributed by atoms with van der Waals surface area (Å²) in [4.78, 5) is 89.4. The molecule has 71 heavy (non-hydrogen) atoms. The van der Waals surface area contributed by atoms with Crippen molar-refractivity contribution in [2.75, 3.05) is 25.1 Å². The average Bonchev–Trinajstić information content (AvgIpc) is 4.03. The number of carbonyl (C=O) groups excluding carboxylic acids is 6. The minimum Gasteiger partial charge on any atom is -0.508 e. The predicted molar refractivity (Wildman–Crippen MR) is 258 cm³/mol. The second-order valence-electron chi connectivity index (χ2n) is 19.1. The zero-order chi connectivity index (χ0) is 49.6. The third-order valence-corrected chi connectivity index (χ3v) is 14.5. The summed E-state index contributed by atoms with van der Waals surface area (Å²) in [6.07, 6.45) is 1.10. The third-order valence-electron chi connectivity index (χ3n) is 14.5. The van der Waals surface area contributed by atoms with E-state index in [2.05, 4.69) is 17.2 Å². The summed E-state index contributed by atoms with van der Waals surface area (Å²) in [5.41, 5.74) is 2.08. The van der Waals surface area contributed by atoms with E-state index in [1.54, 1.807) is 42.5 Å². The zero-order valence-electron chi connectivity index (χ0n) is 39.2. The van der Waals surface area contributed by atoms with Gasteiger partial charge in [0.05, 0.1) is 24.0 Å². The van der Waals surface area contributed by atoms with E-state index >= 15 is 4.79 Å². The number of hydrogen-bond donors (Lipinski definition) is 3. The van der Waals surface area contributed by atoms with Gasteiger partial charge in [-0.1, -0.05) is 130 Å². The normalized spacial score (nSPS) is 27.5. The molecule has 5 aliphatic rings. The van der Waals surface area contributed by atoms with Gasteiger partial charge in [-0.15, -0.1) is 0 Å². The van der Waals surface area contributed by atoms with Crippen molar-refractivity contribution in [2.45, 2.75) is 74.5 Å². The number of morpholine rings is 1. The van der Waals surface area contributed by atoms with Crippen LogP contribution in [0.1, 0.15) is 78.7 Å². The van der Waals surface area contributed by atoms with E-state index in [1.165, 1.54) is 23.1 Å². The largest absolute Gasteiger partial charge is 0.508 e. The van der Waals surface area contributed by atoms with Gasteiger partial charge in [0.25, 0.3) is 0 Å². The predicted octanol–water partition coefficient (Wildman–Crippen LogP) is 6.82. The number of piperazine rings is 1. The minimum atomic E-state index is -1.69. The molecule has 364 valence electrons. The van der Waals surface area contributed by atoms with E-state index in [-0.39, 0.29) is 49.7 Å². The number of esters is 3. The number of cyclic esters (lactones) is 1. The van der Waals surface area contributed by atoms with Crippen molar-refractivity contribution < 1.29 is 52.8 Å². The summed E-state index contributed by atoms with van der Waals surface area (Å²) in [5.74, 6) is -4.76. The smallest absolute Gasteiger partial charge is 0.325 e. The lowest BCUT2D eigenvalue weighted by Gasteiger charge is -2.46. The Hall–Kier alpha value is -7.78. The van der Waals surface area contributed by atoms with Gasteiger partial charge in [-0.3, -0.25) is 33.7 Å². The van der Waals surface area contributed by atoms with Gasteiger partial charge in [0, 0.05) is 5.69 Å². The van der Waals surface area contributed by atoms with Crippen molar-refractivity contribution in [3.05, 3.63) is 174 Å². The Morgan fingerprint density at radius 1 is 0.775 bits per heavy atom. The summed E-state index contributed by atoms with van der Waals surface area (Å²) in [5, 5.41) is 16.0. The number of amides is 3. The molecule has 4 fully saturated rings. The SMILES string of the molecule is C=CCOC(=O)[C@H]1[C@@H]2C(=O)O[C@@H](c3ccccc3)[C@@H](c3ccccc3)N2[C@@H](c2ccc(OCCOC(=O)[C@H]3C[C@H]4C(=O)N[C@@H](CC(C)C)C(=O)N4[C@H]3c3ccc(O)cc3)cc2)[C@]12C(=O)Nc1ccccc12. The molecule has 0 aromatic heterocycles. The molecule has 5 aromatic carbocycles. The number of aromatic hydroxyl groups is 1. The van der Waals surface area contributed by atoms with Crippen LogP contribution in [0.3, 0.4) is 0 Å². The molecule has 5 heterocycles. The molecule has 0 bridgehead atoms. The number of fused-ring (bicyclic) bond motifs is 4. The highest BCUT2D eigenvalue weighted by molar-refractivity contribution is 6.11. The number of ether oxygens (including phenoxy) is 4. The molecule has 10 rings (SSSR count). The number of nitrogens with zero attached hydrogens (tertiary/aromatic N) is 2. The number of para-hydroxylation sites is 1. The van der Waals surface area contributed by atoms with Crippen molar-refractivity contribution in [3.63, 3.8) is 0 Å². The third kappa shape index (κ3) is 8.17. The fourth-order valence-electron chi connectivity index (χ4n) is 11.7. The molecule has 15 heteroatoms. The topological polar surface area (TPSA) is 190 Å². The second-order valence-corrected chi connectivity index (χ2v) is 19.1. The van der Waals surface area contributed by atoms with Gasteiger partial charge in [0.15, 0.2) is 0 Å². The Labute approximate surface area is 410 Å². The Morgan fingerprint density at radius 3 is 2.11 bits per heavy atom. The van der Waals surface area contributed by atoms with Crippen LogP contribution >= 0.6 is 0 Å². The fraction of sp³-hybridized carbons (Fsp3) is 0.321. The molecule has 0 unspecified atom stereocenters. The second kappa shape index (κ2) is 19.2. The maximum absolute atomic E-state index is 15.1. The maximum atomic E-state index is 15.1.